The Balaban J connectivity index is 1.52. The third kappa shape index (κ3) is 5.25. The van der Waals surface area contributed by atoms with E-state index in [2.05, 4.69) is 5.32 Å². The SMILES string of the molecule is COc1ccccc1NC(=O)COc1ccc(Oc2ccc(C)cc2)cc1. The molecule has 0 aliphatic rings. The molecule has 0 fully saturated rings. The minimum Gasteiger partial charge on any atom is -0.495 e. The number of hydrogen-bond acceptors (Lipinski definition) is 4. The molecule has 0 aliphatic heterocycles. The fourth-order valence-electron chi connectivity index (χ4n) is 2.43. The van der Waals surface area contributed by atoms with Crippen molar-refractivity contribution in [2.24, 2.45) is 0 Å². The number of aryl methyl sites for hydroxylation is 1. The van der Waals surface area contributed by atoms with Gasteiger partial charge in [0.25, 0.3) is 5.91 Å². The Kier molecular flexibility index (Phi) is 5.94. The van der Waals surface area contributed by atoms with Gasteiger partial charge in [0.15, 0.2) is 6.61 Å². The molecule has 3 rings (SSSR count). The van der Waals surface area contributed by atoms with Gasteiger partial charge in [-0.2, -0.15) is 0 Å². The fraction of sp³-hybridized carbons (Fsp3) is 0.136. The number of carbonyl (C=O) groups is 1. The Bertz CT molecular complexity index is 889. The zero-order chi connectivity index (χ0) is 19.1. The highest BCUT2D eigenvalue weighted by atomic mass is 16.5. The molecule has 0 atom stereocenters. The predicted octanol–water partition coefficient (Wildman–Crippen LogP) is 4.81. The van der Waals surface area contributed by atoms with Gasteiger partial charge in [-0.05, 0) is 55.5 Å². The molecule has 0 unspecified atom stereocenters. The maximum absolute atomic E-state index is 12.1. The highest BCUT2D eigenvalue weighted by Gasteiger charge is 2.08. The van der Waals surface area contributed by atoms with E-state index in [0.717, 1.165) is 5.75 Å². The maximum atomic E-state index is 12.1. The van der Waals surface area contributed by atoms with Crippen molar-refractivity contribution >= 4 is 11.6 Å². The molecule has 0 saturated carbocycles. The van der Waals surface area contributed by atoms with Gasteiger partial charge in [-0.1, -0.05) is 29.8 Å². The van der Waals surface area contributed by atoms with Crippen LogP contribution >= 0.6 is 0 Å². The van der Waals surface area contributed by atoms with Gasteiger partial charge in [-0.3, -0.25) is 4.79 Å². The number of anilines is 1. The molecule has 0 aliphatic carbocycles. The molecule has 5 heteroatoms. The van der Waals surface area contributed by atoms with Gasteiger partial charge in [0, 0.05) is 0 Å². The summed E-state index contributed by atoms with van der Waals surface area (Å²) in [7, 11) is 1.56. The Morgan fingerprint density at radius 1 is 0.852 bits per heavy atom. The first-order valence-corrected chi connectivity index (χ1v) is 8.54. The maximum Gasteiger partial charge on any atom is 0.262 e. The Hall–Kier alpha value is -3.47. The molecular weight excluding hydrogens is 342 g/mol. The van der Waals surface area contributed by atoms with E-state index in [1.807, 2.05) is 43.3 Å². The summed E-state index contributed by atoms with van der Waals surface area (Å²) < 4.78 is 16.5. The van der Waals surface area contributed by atoms with Crippen molar-refractivity contribution in [2.75, 3.05) is 19.0 Å². The van der Waals surface area contributed by atoms with Crippen LogP contribution < -0.4 is 19.5 Å². The van der Waals surface area contributed by atoms with Crippen LogP contribution in [-0.4, -0.2) is 19.6 Å². The number of methoxy groups -OCH3 is 1. The van der Waals surface area contributed by atoms with Crippen molar-refractivity contribution in [1.82, 2.24) is 0 Å². The molecular formula is C22H21NO4. The van der Waals surface area contributed by atoms with Gasteiger partial charge in [-0.15, -0.1) is 0 Å². The summed E-state index contributed by atoms with van der Waals surface area (Å²) >= 11 is 0. The molecule has 0 saturated heterocycles. The van der Waals surface area contributed by atoms with E-state index in [1.54, 1.807) is 43.5 Å². The van der Waals surface area contributed by atoms with Crippen LogP contribution in [0.5, 0.6) is 23.0 Å². The summed E-state index contributed by atoms with van der Waals surface area (Å²) in [4.78, 5) is 12.1. The monoisotopic (exact) mass is 363 g/mol. The first-order chi connectivity index (χ1) is 13.1. The minimum atomic E-state index is -0.264. The molecule has 0 spiro atoms. The van der Waals surface area contributed by atoms with Crippen LogP contribution in [0.1, 0.15) is 5.56 Å². The van der Waals surface area contributed by atoms with Crippen LogP contribution in [0.15, 0.2) is 72.8 Å². The van der Waals surface area contributed by atoms with Gasteiger partial charge in [0.2, 0.25) is 0 Å². The molecule has 5 nitrogen and oxygen atoms in total. The van der Waals surface area contributed by atoms with E-state index in [4.69, 9.17) is 14.2 Å². The summed E-state index contributed by atoms with van der Waals surface area (Å²) in [5.74, 6) is 2.39. The molecule has 1 N–H and O–H groups in total. The van der Waals surface area contributed by atoms with Crippen molar-refractivity contribution in [3.8, 4) is 23.0 Å². The second-order valence-corrected chi connectivity index (χ2v) is 5.92. The van der Waals surface area contributed by atoms with E-state index in [1.165, 1.54) is 5.56 Å². The van der Waals surface area contributed by atoms with Crippen molar-refractivity contribution in [3.05, 3.63) is 78.4 Å². The summed E-state index contributed by atoms with van der Waals surface area (Å²) in [5, 5.41) is 2.77. The zero-order valence-corrected chi connectivity index (χ0v) is 15.3. The van der Waals surface area contributed by atoms with Gasteiger partial charge < -0.3 is 19.5 Å². The van der Waals surface area contributed by atoms with Crippen molar-refractivity contribution < 1.29 is 19.0 Å². The van der Waals surface area contributed by atoms with Crippen LogP contribution in [0.25, 0.3) is 0 Å². The van der Waals surface area contributed by atoms with Crippen molar-refractivity contribution in [2.45, 2.75) is 6.92 Å². The second-order valence-electron chi connectivity index (χ2n) is 5.92. The van der Waals surface area contributed by atoms with E-state index >= 15 is 0 Å². The third-order valence-corrected chi connectivity index (χ3v) is 3.83. The van der Waals surface area contributed by atoms with E-state index < -0.39 is 0 Å². The highest BCUT2D eigenvalue weighted by molar-refractivity contribution is 5.93. The third-order valence-electron chi connectivity index (χ3n) is 3.83. The number of benzene rings is 3. The topological polar surface area (TPSA) is 56.8 Å². The predicted molar refractivity (Wildman–Crippen MR) is 105 cm³/mol. The van der Waals surface area contributed by atoms with Crippen molar-refractivity contribution in [3.63, 3.8) is 0 Å². The highest BCUT2D eigenvalue weighted by Crippen LogP contribution is 2.25. The van der Waals surface area contributed by atoms with Crippen LogP contribution in [0.3, 0.4) is 0 Å². The number of nitrogens with one attached hydrogen (secondary N) is 1. The van der Waals surface area contributed by atoms with E-state index in [0.29, 0.717) is 22.9 Å². The number of ether oxygens (including phenoxy) is 3. The Morgan fingerprint density at radius 3 is 2.11 bits per heavy atom. The number of carbonyl (C=O) groups excluding carboxylic acids is 1. The number of para-hydroxylation sites is 2. The van der Waals surface area contributed by atoms with Crippen LogP contribution in [0.2, 0.25) is 0 Å². The second kappa shape index (κ2) is 8.76. The zero-order valence-electron chi connectivity index (χ0n) is 15.3. The smallest absolute Gasteiger partial charge is 0.262 e. The van der Waals surface area contributed by atoms with E-state index in [9.17, 15) is 4.79 Å². The molecule has 3 aromatic rings. The average molecular weight is 363 g/mol. The lowest BCUT2D eigenvalue weighted by molar-refractivity contribution is -0.118. The summed E-state index contributed by atoms with van der Waals surface area (Å²) in [6, 6.07) is 22.2. The van der Waals surface area contributed by atoms with Gasteiger partial charge in [0.1, 0.15) is 23.0 Å². The normalized spacial score (nSPS) is 10.1. The quantitative estimate of drug-likeness (QED) is 0.654. The lowest BCUT2D eigenvalue weighted by atomic mass is 10.2. The Labute approximate surface area is 158 Å². The number of amides is 1. The van der Waals surface area contributed by atoms with Crippen molar-refractivity contribution in [1.29, 1.82) is 0 Å². The van der Waals surface area contributed by atoms with Crippen LogP contribution in [0.4, 0.5) is 5.69 Å². The number of rotatable bonds is 7. The molecule has 0 aromatic heterocycles. The lowest BCUT2D eigenvalue weighted by Crippen LogP contribution is -2.20. The molecule has 1 amide bonds. The Morgan fingerprint density at radius 2 is 1.44 bits per heavy atom. The molecule has 0 heterocycles. The summed E-state index contributed by atoms with van der Waals surface area (Å²) in [5.41, 5.74) is 1.79. The molecule has 0 bridgehead atoms. The number of hydrogen-bond donors (Lipinski definition) is 1. The van der Waals surface area contributed by atoms with Gasteiger partial charge >= 0.3 is 0 Å². The summed E-state index contributed by atoms with van der Waals surface area (Å²) in [6.45, 7) is 1.93. The molecule has 3 aromatic carbocycles. The average Bonchev–Trinajstić information content (AvgIpc) is 2.69. The fourth-order valence-corrected chi connectivity index (χ4v) is 2.43. The van der Waals surface area contributed by atoms with Gasteiger partial charge in [0.05, 0.1) is 12.8 Å². The first-order valence-electron chi connectivity index (χ1n) is 8.54. The van der Waals surface area contributed by atoms with Gasteiger partial charge in [-0.25, -0.2) is 0 Å². The standard InChI is InChI=1S/C22H21NO4/c1-16-7-9-18(10-8-16)27-19-13-11-17(12-14-19)26-15-22(24)23-20-5-3-4-6-21(20)25-2/h3-14H,15H2,1-2H3,(H,23,24). The summed E-state index contributed by atoms with van der Waals surface area (Å²) in [6.07, 6.45) is 0. The lowest BCUT2D eigenvalue weighted by Gasteiger charge is -2.11. The minimum absolute atomic E-state index is 0.101. The molecule has 138 valence electrons. The largest absolute Gasteiger partial charge is 0.495 e. The van der Waals surface area contributed by atoms with Crippen LogP contribution in [-0.2, 0) is 4.79 Å². The van der Waals surface area contributed by atoms with E-state index in [-0.39, 0.29) is 12.5 Å². The molecule has 27 heavy (non-hydrogen) atoms. The van der Waals surface area contributed by atoms with Crippen LogP contribution in [0, 0.1) is 6.92 Å². The molecule has 0 radical (unpaired) electrons. The first kappa shape index (κ1) is 18.3.